The van der Waals surface area contributed by atoms with Crippen molar-refractivity contribution in [3.8, 4) is 0 Å². The minimum Gasteiger partial charge on any atom is -0.481 e. The first-order valence-electron chi connectivity index (χ1n) is 4.42. The molecule has 0 bridgehead atoms. The molecule has 0 atom stereocenters. The predicted molar refractivity (Wildman–Crippen MR) is 78.6 cm³/mol. The zero-order chi connectivity index (χ0) is 16.3. The largest absolute Gasteiger partial charge is 0.481 e. The molecule has 0 aromatic carbocycles. The molecular weight excluding hydrogens is 320 g/mol. The van der Waals surface area contributed by atoms with Crippen molar-refractivity contribution in [3.63, 3.8) is 0 Å². The SMILES string of the molecule is O=C(O)CS.O=C(O)CS.O=C(O)CS.OCCO. The van der Waals surface area contributed by atoms with Crippen LogP contribution >= 0.6 is 37.9 Å². The average molecular weight is 338 g/mol. The summed E-state index contributed by atoms with van der Waals surface area (Å²) in [6.45, 7) is -0.250. The van der Waals surface area contributed by atoms with Crippen LogP contribution in [0.5, 0.6) is 0 Å². The highest BCUT2D eigenvalue weighted by atomic mass is 32.1. The van der Waals surface area contributed by atoms with Crippen molar-refractivity contribution in [2.75, 3.05) is 30.5 Å². The van der Waals surface area contributed by atoms with Crippen LogP contribution in [0.3, 0.4) is 0 Å². The summed E-state index contributed by atoms with van der Waals surface area (Å²) in [6, 6.07) is 0. The molecule has 0 aliphatic rings. The second-order valence-electron chi connectivity index (χ2n) is 2.10. The lowest BCUT2D eigenvalue weighted by molar-refractivity contribution is -0.134. The molecule has 0 aliphatic carbocycles. The van der Waals surface area contributed by atoms with Crippen LogP contribution in [0.25, 0.3) is 0 Å². The lowest BCUT2D eigenvalue weighted by atomic mass is 10.8. The fourth-order valence-electron chi connectivity index (χ4n) is 0. The molecule has 11 heteroatoms. The summed E-state index contributed by atoms with van der Waals surface area (Å²) >= 11 is 10.2. The highest BCUT2D eigenvalue weighted by molar-refractivity contribution is 7.81. The third kappa shape index (κ3) is 101. The van der Waals surface area contributed by atoms with E-state index < -0.39 is 17.9 Å². The van der Waals surface area contributed by atoms with Gasteiger partial charge in [0.2, 0.25) is 0 Å². The average Bonchev–Trinajstić information content (AvgIpc) is 2.40. The van der Waals surface area contributed by atoms with Gasteiger partial charge in [0.25, 0.3) is 0 Å². The third-order valence-corrected chi connectivity index (χ3v) is 1.32. The van der Waals surface area contributed by atoms with Gasteiger partial charge in [-0.15, -0.1) is 0 Å². The Balaban J connectivity index is -0.0000000793. The number of carboxylic acid groups (broad SMARTS) is 3. The van der Waals surface area contributed by atoms with Gasteiger partial charge < -0.3 is 25.5 Å². The second kappa shape index (κ2) is 26.0. The topological polar surface area (TPSA) is 152 Å². The Bertz CT molecular complexity index is 189. The van der Waals surface area contributed by atoms with E-state index in [1.807, 2.05) is 0 Å². The molecule has 0 heterocycles. The van der Waals surface area contributed by atoms with Crippen LogP contribution in [0, 0.1) is 0 Å². The highest BCUT2D eigenvalue weighted by Crippen LogP contribution is 1.67. The Morgan fingerprint density at radius 1 is 0.632 bits per heavy atom. The molecule has 0 saturated heterocycles. The van der Waals surface area contributed by atoms with Gasteiger partial charge in [0.1, 0.15) is 0 Å². The Morgan fingerprint density at radius 3 is 0.737 bits per heavy atom. The number of hydrogen-bond acceptors (Lipinski definition) is 8. The quantitative estimate of drug-likeness (QED) is 0.303. The number of carboxylic acids is 3. The Morgan fingerprint density at radius 2 is 0.737 bits per heavy atom. The number of aliphatic hydroxyl groups excluding tert-OH is 2. The second-order valence-corrected chi connectivity index (χ2v) is 3.05. The van der Waals surface area contributed by atoms with E-state index in [0.29, 0.717) is 0 Å². The van der Waals surface area contributed by atoms with Crippen molar-refractivity contribution in [1.82, 2.24) is 0 Å². The van der Waals surface area contributed by atoms with Gasteiger partial charge in [-0.3, -0.25) is 14.4 Å². The molecule has 0 amide bonds. The van der Waals surface area contributed by atoms with Gasteiger partial charge in [0, 0.05) is 0 Å². The van der Waals surface area contributed by atoms with E-state index in [4.69, 9.17) is 25.5 Å². The standard InChI is InChI=1S/3C2H4O2S.C2H6O2/c3*3-2(4)1-5;3-1-2-4/h3*5H,1H2,(H,3,4);3-4H,1-2H2. The summed E-state index contributed by atoms with van der Waals surface area (Å²) in [5.74, 6) is -2.89. The summed E-state index contributed by atoms with van der Waals surface area (Å²) < 4.78 is 0. The minimum atomic E-state index is -0.881. The van der Waals surface area contributed by atoms with Crippen LogP contribution in [-0.2, 0) is 14.4 Å². The number of aliphatic hydroxyl groups is 2. The molecule has 116 valence electrons. The smallest absolute Gasteiger partial charge is 0.313 e. The lowest BCUT2D eigenvalue weighted by Gasteiger charge is -1.71. The molecule has 0 aromatic heterocycles. The third-order valence-electron chi connectivity index (χ3n) is 0.506. The number of aliphatic carboxylic acids is 3. The summed E-state index contributed by atoms with van der Waals surface area (Å²) in [4.78, 5) is 27.9. The Hall–Kier alpha value is -0.620. The molecular formula is C8H18O8S3. The van der Waals surface area contributed by atoms with Gasteiger partial charge in [0.15, 0.2) is 0 Å². The monoisotopic (exact) mass is 338 g/mol. The molecule has 0 aliphatic heterocycles. The molecule has 0 spiro atoms. The first kappa shape index (κ1) is 26.8. The molecule has 0 rings (SSSR count). The Kier molecular flexibility index (Phi) is 36.8. The van der Waals surface area contributed by atoms with E-state index in [1.54, 1.807) is 0 Å². The molecule has 0 aromatic rings. The summed E-state index contributed by atoms with van der Waals surface area (Å²) in [5.41, 5.74) is 0. The predicted octanol–water partition coefficient (Wildman–Crippen LogP) is -1.03. The molecule has 0 fully saturated rings. The first-order chi connectivity index (χ1) is 8.72. The van der Waals surface area contributed by atoms with Gasteiger partial charge in [-0.05, 0) is 0 Å². The maximum Gasteiger partial charge on any atom is 0.313 e. The van der Waals surface area contributed by atoms with Crippen LogP contribution < -0.4 is 0 Å². The number of hydrogen-bond donors (Lipinski definition) is 8. The van der Waals surface area contributed by atoms with E-state index in [0.717, 1.165) is 0 Å². The molecule has 0 saturated carbocycles. The van der Waals surface area contributed by atoms with Crippen LogP contribution in [0.4, 0.5) is 0 Å². The van der Waals surface area contributed by atoms with E-state index in [2.05, 4.69) is 37.9 Å². The van der Waals surface area contributed by atoms with Gasteiger partial charge >= 0.3 is 17.9 Å². The molecule has 0 unspecified atom stereocenters. The maximum atomic E-state index is 9.29. The first-order valence-corrected chi connectivity index (χ1v) is 6.32. The normalized spacial score (nSPS) is 7.42. The van der Waals surface area contributed by atoms with Crippen LogP contribution in [0.15, 0.2) is 0 Å². The van der Waals surface area contributed by atoms with Gasteiger partial charge in [-0.2, -0.15) is 37.9 Å². The van der Waals surface area contributed by atoms with E-state index >= 15 is 0 Å². The molecule has 8 nitrogen and oxygen atoms in total. The van der Waals surface area contributed by atoms with Crippen LogP contribution in [0.1, 0.15) is 0 Å². The lowest BCUT2D eigenvalue weighted by Crippen LogP contribution is -1.92. The van der Waals surface area contributed by atoms with Gasteiger partial charge in [-0.25, -0.2) is 0 Å². The fraction of sp³-hybridized carbons (Fsp3) is 0.625. The summed E-state index contributed by atoms with van der Waals surface area (Å²) in [5, 5.41) is 38.2. The van der Waals surface area contributed by atoms with E-state index in [1.165, 1.54) is 0 Å². The Labute approximate surface area is 126 Å². The van der Waals surface area contributed by atoms with Crippen molar-refractivity contribution in [3.05, 3.63) is 0 Å². The molecule has 5 N–H and O–H groups in total. The van der Waals surface area contributed by atoms with Crippen molar-refractivity contribution in [2.45, 2.75) is 0 Å². The van der Waals surface area contributed by atoms with Crippen molar-refractivity contribution in [2.24, 2.45) is 0 Å². The highest BCUT2D eigenvalue weighted by Gasteiger charge is 1.82. The van der Waals surface area contributed by atoms with Crippen molar-refractivity contribution >= 4 is 55.8 Å². The summed E-state index contributed by atoms with van der Waals surface area (Å²) in [6.07, 6.45) is 0. The van der Waals surface area contributed by atoms with E-state index in [9.17, 15) is 14.4 Å². The maximum absolute atomic E-state index is 9.29. The molecule has 19 heavy (non-hydrogen) atoms. The zero-order valence-electron chi connectivity index (χ0n) is 9.84. The number of thiol groups is 3. The van der Waals surface area contributed by atoms with Crippen molar-refractivity contribution < 1.29 is 39.9 Å². The molecule has 0 radical (unpaired) electrons. The number of carbonyl (C=O) groups is 3. The van der Waals surface area contributed by atoms with Crippen LogP contribution in [-0.4, -0.2) is 73.9 Å². The van der Waals surface area contributed by atoms with Crippen molar-refractivity contribution in [1.29, 1.82) is 0 Å². The van der Waals surface area contributed by atoms with Gasteiger partial charge in [0.05, 0.1) is 30.5 Å². The minimum absolute atomic E-state index is 0.0833. The van der Waals surface area contributed by atoms with Crippen LogP contribution in [0.2, 0.25) is 0 Å². The van der Waals surface area contributed by atoms with Gasteiger partial charge in [-0.1, -0.05) is 0 Å². The fourth-order valence-corrected chi connectivity index (χ4v) is 0. The zero-order valence-corrected chi connectivity index (χ0v) is 12.5. The summed E-state index contributed by atoms with van der Waals surface area (Å²) in [7, 11) is 0. The number of rotatable bonds is 4. The van der Waals surface area contributed by atoms with E-state index in [-0.39, 0.29) is 30.5 Å².